The van der Waals surface area contributed by atoms with Crippen molar-refractivity contribution in [2.24, 2.45) is 0 Å². The summed E-state index contributed by atoms with van der Waals surface area (Å²) in [5.41, 5.74) is 3.21. The number of thioether (sulfide) groups is 1. The normalized spacial score (nSPS) is 16.1. The van der Waals surface area contributed by atoms with Crippen LogP contribution < -0.4 is 5.32 Å². The topological polar surface area (TPSA) is 42.7 Å². The number of nitrogens with zero attached hydrogens (tertiary/aromatic N) is 3. The van der Waals surface area contributed by atoms with Crippen molar-refractivity contribution in [1.29, 1.82) is 0 Å². The van der Waals surface area contributed by atoms with Gasteiger partial charge in [0.15, 0.2) is 0 Å². The summed E-state index contributed by atoms with van der Waals surface area (Å²) < 4.78 is 2.98. The first-order valence-electron chi connectivity index (χ1n) is 7.65. The lowest BCUT2D eigenvalue weighted by Crippen LogP contribution is -2.20. The van der Waals surface area contributed by atoms with Gasteiger partial charge in [-0.15, -0.1) is 5.10 Å². The maximum atomic E-state index is 6.02. The molecule has 1 atom stereocenters. The van der Waals surface area contributed by atoms with Crippen LogP contribution >= 0.6 is 39.3 Å². The number of hydrogen-bond donors (Lipinski definition) is 1. The number of rotatable bonds is 3. The van der Waals surface area contributed by atoms with Crippen LogP contribution in [0.25, 0.3) is 5.70 Å². The molecule has 0 amide bonds. The van der Waals surface area contributed by atoms with Crippen LogP contribution in [0.3, 0.4) is 0 Å². The molecule has 0 aliphatic carbocycles. The van der Waals surface area contributed by atoms with Crippen LogP contribution in [0.1, 0.15) is 17.2 Å². The third kappa shape index (κ3) is 3.34. The smallest absolute Gasteiger partial charge is 0.227 e. The summed E-state index contributed by atoms with van der Waals surface area (Å²) in [6.45, 7) is 0. The molecule has 7 heteroatoms. The van der Waals surface area contributed by atoms with Crippen molar-refractivity contribution in [1.82, 2.24) is 14.8 Å². The van der Waals surface area contributed by atoms with E-state index in [1.54, 1.807) is 0 Å². The lowest BCUT2D eigenvalue weighted by molar-refractivity contribution is 0.598. The van der Waals surface area contributed by atoms with E-state index in [0.29, 0.717) is 0 Å². The molecule has 4 rings (SSSR count). The van der Waals surface area contributed by atoms with Crippen molar-refractivity contribution in [2.45, 2.75) is 11.2 Å². The fourth-order valence-electron chi connectivity index (χ4n) is 2.76. The second-order valence-electron chi connectivity index (χ2n) is 5.58. The maximum absolute atomic E-state index is 6.02. The zero-order valence-corrected chi connectivity index (χ0v) is 16.4. The molecule has 0 bridgehead atoms. The Kier molecular flexibility index (Phi) is 4.58. The van der Waals surface area contributed by atoms with Crippen LogP contribution in [0.15, 0.2) is 64.2 Å². The van der Waals surface area contributed by atoms with E-state index in [-0.39, 0.29) is 6.04 Å². The Bertz CT molecular complexity index is 935. The molecule has 0 fully saturated rings. The minimum Gasteiger partial charge on any atom is -0.324 e. The molecule has 1 N–H and O–H groups in total. The average molecular weight is 434 g/mol. The molecule has 3 aromatic rings. The second kappa shape index (κ2) is 6.86. The number of hydrogen-bond acceptors (Lipinski definition) is 4. The Morgan fingerprint density at radius 2 is 1.84 bits per heavy atom. The first-order valence-corrected chi connectivity index (χ1v) is 10.0. The fourth-order valence-corrected chi connectivity index (χ4v) is 3.49. The van der Waals surface area contributed by atoms with E-state index in [9.17, 15) is 0 Å². The van der Waals surface area contributed by atoms with E-state index >= 15 is 0 Å². The van der Waals surface area contributed by atoms with E-state index in [4.69, 9.17) is 11.6 Å². The highest BCUT2D eigenvalue weighted by Crippen LogP contribution is 2.34. The van der Waals surface area contributed by atoms with Gasteiger partial charge in [-0.3, -0.25) is 0 Å². The number of allylic oxidation sites excluding steroid dienone is 1. The molecule has 0 saturated carbocycles. The highest BCUT2D eigenvalue weighted by atomic mass is 79.9. The van der Waals surface area contributed by atoms with Crippen LogP contribution in [-0.4, -0.2) is 21.0 Å². The molecule has 1 aliphatic heterocycles. The van der Waals surface area contributed by atoms with Gasteiger partial charge in [0.2, 0.25) is 11.1 Å². The molecule has 1 unspecified atom stereocenters. The predicted molar refractivity (Wildman–Crippen MR) is 107 cm³/mol. The third-order valence-electron chi connectivity index (χ3n) is 4.00. The Hall–Kier alpha value is -1.76. The van der Waals surface area contributed by atoms with Crippen molar-refractivity contribution < 1.29 is 0 Å². The monoisotopic (exact) mass is 432 g/mol. The first kappa shape index (κ1) is 16.7. The van der Waals surface area contributed by atoms with Crippen molar-refractivity contribution in [3.63, 3.8) is 0 Å². The zero-order chi connectivity index (χ0) is 17.4. The van der Waals surface area contributed by atoms with Gasteiger partial charge in [0.05, 0.1) is 0 Å². The van der Waals surface area contributed by atoms with E-state index in [2.05, 4.69) is 49.5 Å². The number of nitrogens with one attached hydrogen (secondary N) is 1. The van der Waals surface area contributed by atoms with Gasteiger partial charge in [-0.05, 0) is 47.7 Å². The van der Waals surface area contributed by atoms with E-state index < -0.39 is 0 Å². The minimum atomic E-state index is -0.0246. The molecular formula is C18H14BrClN4S. The lowest BCUT2D eigenvalue weighted by atomic mass is 10.0. The van der Waals surface area contributed by atoms with Crippen molar-refractivity contribution >= 4 is 50.9 Å². The number of aromatic nitrogens is 3. The molecule has 2 aromatic carbocycles. The molecule has 25 heavy (non-hydrogen) atoms. The van der Waals surface area contributed by atoms with Gasteiger partial charge >= 0.3 is 0 Å². The molecule has 126 valence electrons. The summed E-state index contributed by atoms with van der Waals surface area (Å²) in [5.74, 6) is 0.740. The standard InChI is InChI=1S/C18H14BrClN4S/c1-25-18-22-17-21-15(11-4-8-14(20)9-5-11)10-16(24(17)23-18)12-2-6-13(19)7-3-12/h2-10,16H,1H3,(H,21,22,23). The van der Waals surface area contributed by atoms with Gasteiger partial charge in [-0.1, -0.05) is 63.6 Å². The summed E-state index contributed by atoms with van der Waals surface area (Å²) in [4.78, 5) is 4.58. The van der Waals surface area contributed by atoms with Crippen LogP contribution in [0.2, 0.25) is 5.02 Å². The molecule has 0 radical (unpaired) electrons. The van der Waals surface area contributed by atoms with Gasteiger partial charge < -0.3 is 5.32 Å². The largest absolute Gasteiger partial charge is 0.324 e. The summed E-state index contributed by atoms with van der Waals surface area (Å²) in [6.07, 6.45) is 4.14. The zero-order valence-electron chi connectivity index (χ0n) is 13.3. The Labute approximate surface area is 163 Å². The summed E-state index contributed by atoms with van der Waals surface area (Å²) in [7, 11) is 0. The minimum absolute atomic E-state index is 0.0246. The highest BCUT2D eigenvalue weighted by Gasteiger charge is 2.25. The van der Waals surface area contributed by atoms with Crippen LogP contribution in [0.4, 0.5) is 5.95 Å². The number of halogens is 2. The molecule has 1 aliphatic rings. The summed E-state index contributed by atoms with van der Waals surface area (Å²) >= 11 is 11.0. The summed E-state index contributed by atoms with van der Waals surface area (Å²) in [6, 6.07) is 16.0. The van der Waals surface area contributed by atoms with Gasteiger partial charge in [-0.2, -0.15) is 4.98 Å². The highest BCUT2D eigenvalue weighted by molar-refractivity contribution is 9.10. The van der Waals surface area contributed by atoms with Crippen LogP contribution in [-0.2, 0) is 0 Å². The Morgan fingerprint density at radius 1 is 1.12 bits per heavy atom. The fraction of sp³-hybridized carbons (Fsp3) is 0.111. The van der Waals surface area contributed by atoms with Gasteiger partial charge in [0.1, 0.15) is 6.04 Å². The Balaban J connectivity index is 1.81. The van der Waals surface area contributed by atoms with Crippen LogP contribution in [0.5, 0.6) is 0 Å². The third-order valence-corrected chi connectivity index (χ3v) is 5.31. The lowest BCUT2D eigenvalue weighted by Gasteiger charge is -2.24. The number of anilines is 1. The quantitative estimate of drug-likeness (QED) is 0.556. The molecule has 0 spiro atoms. The molecule has 0 saturated heterocycles. The summed E-state index contributed by atoms with van der Waals surface area (Å²) in [5, 5.41) is 9.47. The van der Waals surface area contributed by atoms with Crippen LogP contribution in [0, 0.1) is 0 Å². The number of benzene rings is 2. The molecule has 4 nitrogen and oxygen atoms in total. The maximum Gasteiger partial charge on any atom is 0.227 e. The van der Waals surface area contributed by atoms with Crippen molar-refractivity contribution in [3.05, 3.63) is 75.2 Å². The van der Waals surface area contributed by atoms with E-state index in [1.165, 1.54) is 11.8 Å². The first-order chi connectivity index (χ1) is 12.1. The second-order valence-corrected chi connectivity index (χ2v) is 7.70. The van der Waals surface area contributed by atoms with Crippen molar-refractivity contribution in [3.8, 4) is 0 Å². The van der Waals surface area contributed by atoms with Crippen molar-refractivity contribution in [2.75, 3.05) is 11.6 Å². The predicted octanol–water partition coefficient (Wildman–Crippen LogP) is 5.47. The molecule has 1 aromatic heterocycles. The average Bonchev–Trinajstić information content (AvgIpc) is 3.05. The SMILES string of the molecule is CSc1nc2n(n1)C(c1ccc(Br)cc1)C=C(c1ccc(Cl)cc1)N2. The number of fused-ring (bicyclic) bond motifs is 1. The van der Waals surface area contributed by atoms with Gasteiger partial charge in [-0.25, -0.2) is 4.68 Å². The molecular weight excluding hydrogens is 420 g/mol. The van der Waals surface area contributed by atoms with Gasteiger partial charge in [0.25, 0.3) is 0 Å². The van der Waals surface area contributed by atoms with E-state index in [0.717, 1.165) is 37.4 Å². The van der Waals surface area contributed by atoms with Gasteiger partial charge in [0, 0.05) is 15.2 Å². The molecule has 2 heterocycles. The van der Waals surface area contributed by atoms with E-state index in [1.807, 2.05) is 47.3 Å². The Morgan fingerprint density at radius 3 is 2.52 bits per heavy atom.